The van der Waals surface area contributed by atoms with E-state index in [9.17, 15) is 9.59 Å². The van der Waals surface area contributed by atoms with Crippen LogP contribution in [0.3, 0.4) is 0 Å². The molecule has 5 nitrogen and oxygen atoms in total. The summed E-state index contributed by atoms with van der Waals surface area (Å²) in [5.74, 6) is -0.268. The number of ether oxygens (including phenoxy) is 1. The van der Waals surface area contributed by atoms with E-state index in [-0.39, 0.29) is 29.3 Å². The lowest BCUT2D eigenvalue weighted by Gasteiger charge is -2.38. The number of hydrogen-bond donors (Lipinski definition) is 1. The summed E-state index contributed by atoms with van der Waals surface area (Å²) in [6, 6.07) is -0.773. The molecule has 2 atom stereocenters. The molecular formula is C19H36N2O3. The van der Waals surface area contributed by atoms with Crippen LogP contribution in [-0.4, -0.2) is 42.5 Å². The number of carbonyl (C=O) groups excluding carboxylic acids is 2. The Hall–Kier alpha value is -1.36. The van der Waals surface area contributed by atoms with Crippen LogP contribution in [-0.2, 0) is 14.3 Å². The maximum Gasteiger partial charge on any atom is 0.333 e. The van der Waals surface area contributed by atoms with E-state index >= 15 is 0 Å². The Bertz CT molecular complexity index is 475. The summed E-state index contributed by atoms with van der Waals surface area (Å²) in [6.07, 6.45) is 0.676. The highest BCUT2D eigenvalue weighted by atomic mass is 16.5. The molecule has 0 spiro atoms. The van der Waals surface area contributed by atoms with Crippen LogP contribution in [0, 0.1) is 11.3 Å². The number of nitrogens with two attached hydrogens (primary N) is 1. The molecule has 2 unspecified atom stereocenters. The molecule has 2 N–H and O–H groups in total. The molecule has 1 amide bonds. The number of carbonyl (C=O) groups is 2. The van der Waals surface area contributed by atoms with E-state index in [0.29, 0.717) is 18.6 Å². The van der Waals surface area contributed by atoms with Crippen LogP contribution in [0.4, 0.5) is 0 Å². The monoisotopic (exact) mass is 340 g/mol. The Morgan fingerprint density at radius 1 is 1.17 bits per heavy atom. The number of nitrogens with zero attached hydrogens (tertiary/aromatic N) is 1. The van der Waals surface area contributed by atoms with Gasteiger partial charge in [-0.25, -0.2) is 4.79 Å². The first-order valence-corrected chi connectivity index (χ1v) is 8.79. The maximum absolute atomic E-state index is 12.8. The predicted octanol–water partition coefficient (Wildman–Crippen LogP) is 3.13. The van der Waals surface area contributed by atoms with Gasteiger partial charge in [0, 0.05) is 12.6 Å². The van der Waals surface area contributed by atoms with Gasteiger partial charge in [0.25, 0.3) is 0 Å². The van der Waals surface area contributed by atoms with E-state index in [0.717, 1.165) is 5.57 Å². The zero-order chi connectivity index (χ0) is 19.2. The maximum atomic E-state index is 12.8. The summed E-state index contributed by atoms with van der Waals surface area (Å²) in [5.41, 5.74) is 7.36. The molecule has 0 saturated carbocycles. The molecule has 0 saturated heterocycles. The fourth-order valence-corrected chi connectivity index (χ4v) is 2.88. The van der Waals surface area contributed by atoms with Crippen LogP contribution >= 0.6 is 0 Å². The van der Waals surface area contributed by atoms with Crippen molar-refractivity contribution in [2.45, 2.75) is 73.9 Å². The van der Waals surface area contributed by atoms with E-state index in [1.807, 2.05) is 41.5 Å². The summed E-state index contributed by atoms with van der Waals surface area (Å²) in [6.45, 7) is 15.8. The summed E-state index contributed by atoms with van der Waals surface area (Å²) in [7, 11) is 1.77. The molecule has 0 aliphatic heterocycles. The first-order chi connectivity index (χ1) is 10.9. The minimum Gasteiger partial charge on any atom is -0.463 e. The molecule has 0 aromatic carbocycles. The van der Waals surface area contributed by atoms with Crippen LogP contribution in [0.15, 0.2) is 11.1 Å². The fourth-order valence-electron chi connectivity index (χ4n) is 2.88. The van der Waals surface area contributed by atoms with Crippen LogP contribution in [0.25, 0.3) is 0 Å². The summed E-state index contributed by atoms with van der Waals surface area (Å²) < 4.78 is 5.13. The molecule has 0 fully saturated rings. The number of rotatable bonds is 7. The topological polar surface area (TPSA) is 72.6 Å². The van der Waals surface area contributed by atoms with Gasteiger partial charge in [0.2, 0.25) is 5.91 Å². The Labute approximate surface area is 147 Å². The van der Waals surface area contributed by atoms with Crippen molar-refractivity contribution in [3.05, 3.63) is 11.1 Å². The third-order valence-electron chi connectivity index (χ3n) is 4.40. The van der Waals surface area contributed by atoms with Gasteiger partial charge < -0.3 is 15.4 Å². The SMILES string of the molecule is CCOC(=O)C(C)=C(CC)C(C(C)C)N(C)C(=O)C(N)C(C)(C)C. The molecule has 0 rings (SSSR count). The number of likely N-dealkylation sites (N-methyl/N-ethyl adjacent to an activating group) is 1. The highest BCUT2D eigenvalue weighted by molar-refractivity contribution is 5.89. The Kier molecular flexibility index (Phi) is 8.69. The molecule has 0 radical (unpaired) electrons. The smallest absolute Gasteiger partial charge is 0.333 e. The van der Waals surface area contributed by atoms with Gasteiger partial charge in [-0.05, 0) is 37.2 Å². The molecular weight excluding hydrogens is 304 g/mol. The molecule has 140 valence electrons. The van der Waals surface area contributed by atoms with Gasteiger partial charge in [0.15, 0.2) is 0 Å². The lowest BCUT2D eigenvalue weighted by molar-refractivity contribution is -0.139. The van der Waals surface area contributed by atoms with Gasteiger partial charge in [-0.3, -0.25) is 4.79 Å². The fraction of sp³-hybridized carbons (Fsp3) is 0.789. The number of amides is 1. The quantitative estimate of drug-likeness (QED) is 0.571. The Morgan fingerprint density at radius 2 is 1.67 bits per heavy atom. The highest BCUT2D eigenvalue weighted by Crippen LogP contribution is 2.27. The van der Waals surface area contributed by atoms with Crippen LogP contribution in [0.2, 0.25) is 0 Å². The van der Waals surface area contributed by atoms with Gasteiger partial charge in [-0.1, -0.05) is 41.5 Å². The zero-order valence-electron chi connectivity index (χ0n) is 16.9. The average molecular weight is 341 g/mol. The van der Waals surface area contributed by atoms with Crippen molar-refractivity contribution in [2.75, 3.05) is 13.7 Å². The van der Waals surface area contributed by atoms with Crippen LogP contribution in [0.5, 0.6) is 0 Å². The number of esters is 1. The minimum atomic E-state index is -0.593. The van der Waals surface area contributed by atoms with Crippen molar-refractivity contribution in [1.29, 1.82) is 0 Å². The summed E-state index contributed by atoms with van der Waals surface area (Å²) >= 11 is 0. The second-order valence-corrected chi connectivity index (χ2v) is 7.71. The van der Waals surface area contributed by atoms with Crippen molar-refractivity contribution in [3.63, 3.8) is 0 Å². The molecule has 5 heteroatoms. The van der Waals surface area contributed by atoms with Crippen molar-refractivity contribution in [3.8, 4) is 0 Å². The molecule has 0 aromatic heterocycles. The van der Waals surface area contributed by atoms with E-state index in [1.165, 1.54) is 0 Å². The average Bonchev–Trinajstić information content (AvgIpc) is 2.48. The third-order valence-corrected chi connectivity index (χ3v) is 4.40. The molecule has 0 aromatic rings. The third kappa shape index (κ3) is 5.62. The summed E-state index contributed by atoms with van der Waals surface area (Å²) in [4.78, 5) is 26.7. The standard InChI is InChI=1S/C19H36N2O3/c1-10-14(13(5)18(23)24-11-2)15(12(3)4)21(9)17(22)16(20)19(6,7)8/h12,15-16H,10-11,20H2,1-9H3. The van der Waals surface area contributed by atoms with Gasteiger partial charge in [0.1, 0.15) is 0 Å². The highest BCUT2D eigenvalue weighted by Gasteiger charge is 2.35. The van der Waals surface area contributed by atoms with Gasteiger partial charge in [0.05, 0.1) is 18.7 Å². The van der Waals surface area contributed by atoms with Gasteiger partial charge >= 0.3 is 5.97 Å². The van der Waals surface area contributed by atoms with E-state index in [1.54, 1.807) is 25.8 Å². The van der Waals surface area contributed by atoms with Crippen molar-refractivity contribution >= 4 is 11.9 Å². The van der Waals surface area contributed by atoms with E-state index in [2.05, 4.69) is 0 Å². The molecule has 0 aliphatic carbocycles. The first kappa shape index (κ1) is 22.6. The second-order valence-electron chi connectivity index (χ2n) is 7.71. The molecule has 0 bridgehead atoms. The van der Waals surface area contributed by atoms with Gasteiger partial charge in [-0.15, -0.1) is 0 Å². The van der Waals surface area contributed by atoms with Crippen molar-refractivity contribution in [2.24, 2.45) is 17.1 Å². The molecule has 0 aliphatic rings. The molecule has 0 heterocycles. The first-order valence-electron chi connectivity index (χ1n) is 8.79. The second kappa shape index (κ2) is 9.21. The van der Waals surface area contributed by atoms with Crippen LogP contribution in [0.1, 0.15) is 61.8 Å². The van der Waals surface area contributed by atoms with E-state index < -0.39 is 6.04 Å². The van der Waals surface area contributed by atoms with Crippen molar-refractivity contribution in [1.82, 2.24) is 4.90 Å². The van der Waals surface area contributed by atoms with Gasteiger partial charge in [-0.2, -0.15) is 0 Å². The zero-order valence-corrected chi connectivity index (χ0v) is 16.9. The lowest BCUT2D eigenvalue weighted by Crippen LogP contribution is -2.53. The lowest BCUT2D eigenvalue weighted by atomic mass is 9.84. The summed E-state index contributed by atoms with van der Waals surface area (Å²) in [5, 5.41) is 0. The van der Waals surface area contributed by atoms with E-state index in [4.69, 9.17) is 10.5 Å². The largest absolute Gasteiger partial charge is 0.463 e. The minimum absolute atomic E-state index is 0.108. The molecule has 24 heavy (non-hydrogen) atoms. The predicted molar refractivity (Wildman–Crippen MR) is 98.5 cm³/mol. The normalized spacial score (nSPS) is 15.6. The Morgan fingerprint density at radius 3 is 2.00 bits per heavy atom. The number of hydrogen-bond acceptors (Lipinski definition) is 4. The Balaban J connectivity index is 5.81. The van der Waals surface area contributed by atoms with Crippen LogP contribution < -0.4 is 5.73 Å². The van der Waals surface area contributed by atoms with Crippen molar-refractivity contribution < 1.29 is 14.3 Å².